The van der Waals surface area contributed by atoms with Gasteiger partial charge in [-0.15, -0.1) is 11.3 Å². The lowest BCUT2D eigenvalue weighted by molar-refractivity contribution is 0.583. The molecular formula is C14H15Cl2NS. The molecule has 0 bridgehead atoms. The van der Waals surface area contributed by atoms with Gasteiger partial charge in [-0.25, -0.2) is 0 Å². The minimum Gasteiger partial charge on any atom is -0.305 e. The molecule has 0 radical (unpaired) electrons. The normalized spacial score (nSPS) is 12.7. The summed E-state index contributed by atoms with van der Waals surface area (Å²) >= 11 is 14.1. The van der Waals surface area contributed by atoms with E-state index in [0.29, 0.717) is 22.6 Å². The maximum absolute atomic E-state index is 6.14. The maximum atomic E-state index is 6.14. The molecule has 1 N–H and O–H groups in total. The molecule has 0 aliphatic carbocycles. The minimum absolute atomic E-state index is 0.302. The van der Waals surface area contributed by atoms with Gasteiger partial charge in [0, 0.05) is 37.9 Å². The molecule has 2 aromatic rings. The molecule has 2 rings (SSSR count). The number of nitrogens with one attached hydrogen (secondary N) is 1. The summed E-state index contributed by atoms with van der Waals surface area (Å²) in [6.45, 7) is 4.94. The largest absolute Gasteiger partial charge is 0.305 e. The molecule has 0 fully saturated rings. The summed E-state index contributed by atoms with van der Waals surface area (Å²) in [4.78, 5) is 2.66. The fraction of sp³-hybridized carbons (Fsp3) is 0.286. The van der Waals surface area contributed by atoms with Crippen LogP contribution in [0.1, 0.15) is 28.3 Å². The van der Waals surface area contributed by atoms with Crippen LogP contribution in [0.5, 0.6) is 0 Å². The van der Waals surface area contributed by atoms with E-state index in [1.165, 1.54) is 9.75 Å². The van der Waals surface area contributed by atoms with Gasteiger partial charge in [0.1, 0.15) is 0 Å². The third-order valence-electron chi connectivity index (χ3n) is 2.83. The third-order valence-corrected chi connectivity index (χ3v) is 4.73. The summed E-state index contributed by atoms with van der Waals surface area (Å²) in [5.74, 6) is 0. The number of rotatable bonds is 4. The third kappa shape index (κ3) is 3.27. The lowest BCUT2D eigenvalue weighted by Gasteiger charge is -2.14. The van der Waals surface area contributed by atoms with Gasteiger partial charge in [-0.2, -0.15) is 0 Å². The molecule has 0 saturated heterocycles. The maximum Gasteiger partial charge on any atom is 0.0465 e. The summed E-state index contributed by atoms with van der Waals surface area (Å²) < 4.78 is 0. The molecule has 1 unspecified atom stereocenters. The molecule has 0 aliphatic heterocycles. The number of aryl methyl sites for hydroxylation is 1. The predicted molar refractivity (Wildman–Crippen MR) is 80.8 cm³/mol. The number of halogens is 2. The first-order valence-corrected chi connectivity index (χ1v) is 7.38. The Hall–Kier alpha value is -0.540. The molecule has 18 heavy (non-hydrogen) atoms. The summed E-state index contributed by atoms with van der Waals surface area (Å²) in [5, 5.41) is 4.88. The van der Waals surface area contributed by atoms with E-state index in [9.17, 15) is 0 Å². The van der Waals surface area contributed by atoms with Crippen molar-refractivity contribution >= 4 is 34.5 Å². The van der Waals surface area contributed by atoms with Crippen LogP contribution in [0.4, 0.5) is 0 Å². The van der Waals surface area contributed by atoms with E-state index in [4.69, 9.17) is 23.2 Å². The van der Waals surface area contributed by atoms with E-state index in [1.807, 2.05) is 29.5 Å². The van der Waals surface area contributed by atoms with Gasteiger partial charge in [-0.05, 0) is 38.1 Å². The second-order valence-electron chi connectivity index (χ2n) is 4.25. The quantitative estimate of drug-likeness (QED) is 0.817. The molecule has 1 nitrogen and oxygen atoms in total. The zero-order valence-electron chi connectivity index (χ0n) is 10.3. The van der Waals surface area contributed by atoms with E-state index < -0.39 is 0 Å². The zero-order valence-corrected chi connectivity index (χ0v) is 12.7. The van der Waals surface area contributed by atoms with Crippen molar-refractivity contribution in [2.75, 3.05) is 0 Å². The molecule has 1 heterocycles. The van der Waals surface area contributed by atoms with Gasteiger partial charge in [0.2, 0.25) is 0 Å². The Kier molecular flexibility index (Phi) is 4.68. The number of thiophene rings is 1. The highest BCUT2D eigenvalue weighted by Gasteiger charge is 2.10. The standard InChI is InChI=1S/C14H15Cl2NS/c1-9-6-7-14(18-9)10(2)17-8-11-12(15)4-3-5-13(11)16/h3-7,10,17H,8H2,1-2H3. The summed E-state index contributed by atoms with van der Waals surface area (Å²) in [5.41, 5.74) is 0.959. The molecular weight excluding hydrogens is 285 g/mol. The van der Waals surface area contributed by atoms with Crippen LogP contribution in [0, 0.1) is 6.92 Å². The average molecular weight is 300 g/mol. The van der Waals surface area contributed by atoms with E-state index >= 15 is 0 Å². The predicted octanol–water partition coefficient (Wildman–Crippen LogP) is 5.21. The van der Waals surface area contributed by atoms with Crippen LogP contribution in [-0.2, 0) is 6.54 Å². The first-order valence-electron chi connectivity index (χ1n) is 5.80. The van der Waals surface area contributed by atoms with Crippen LogP contribution in [0.3, 0.4) is 0 Å². The van der Waals surface area contributed by atoms with E-state index in [0.717, 1.165) is 5.56 Å². The van der Waals surface area contributed by atoms with Crippen molar-refractivity contribution in [2.45, 2.75) is 26.4 Å². The lowest BCUT2D eigenvalue weighted by Crippen LogP contribution is -2.17. The van der Waals surface area contributed by atoms with Crippen LogP contribution in [-0.4, -0.2) is 0 Å². The topological polar surface area (TPSA) is 12.0 Å². The molecule has 0 saturated carbocycles. The average Bonchev–Trinajstić information content (AvgIpc) is 2.75. The Labute approximate surface area is 122 Å². The van der Waals surface area contributed by atoms with Gasteiger partial charge in [-0.3, -0.25) is 0 Å². The first kappa shape index (κ1) is 13.9. The Morgan fingerprint density at radius 1 is 1.17 bits per heavy atom. The molecule has 1 aromatic heterocycles. The lowest BCUT2D eigenvalue weighted by atomic mass is 10.2. The molecule has 4 heteroatoms. The van der Waals surface area contributed by atoms with E-state index in [1.54, 1.807) is 0 Å². The van der Waals surface area contributed by atoms with Gasteiger partial charge < -0.3 is 5.32 Å². The second kappa shape index (κ2) is 6.07. The van der Waals surface area contributed by atoms with Crippen LogP contribution < -0.4 is 5.32 Å². The molecule has 0 spiro atoms. The van der Waals surface area contributed by atoms with Crippen LogP contribution >= 0.6 is 34.5 Å². The van der Waals surface area contributed by atoms with Crippen molar-refractivity contribution in [3.63, 3.8) is 0 Å². The van der Waals surface area contributed by atoms with Gasteiger partial charge in [-0.1, -0.05) is 29.3 Å². The van der Waals surface area contributed by atoms with Crippen molar-refractivity contribution in [3.05, 3.63) is 55.7 Å². The summed E-state index contributed by atoms with van der Waals surface area (Å²) in [7, 11) is 0. The van der Waals surface area contributed by atoms with Gasteiger partial charge >= 0.3 is 0 Å². The highest BCUT2D eigenvalue weighted by molar-refractivity contribution is 7.12. The van der Waals surface area contributed by atoms with Crippen molar-refractivity contribution in [1.29, 1.82) is 0 Å². The Bertz CT molecular complexity index is 516. The van der Waals surface area contributed by atoms with E-state index in [-0.39, 0.29) is 0 Å². The monoisotopic (exact) mass is 299 g/mol. The number of hydrogen-bond acceptors (Lipinski definition) is 2. The molecule has 0 aliphatic rings. The zero-order chi connectivity index (χ0) is 13.1. The molecule has 1 atom stereocenters. The highest BCUT2D eigenvalue weighted by Crippen LogP contribution is 2.26. The van der Waals surface area contributed by atoms with Crippen LogP contribution in [0.2, 0.25) is 10.0 Å². The fourth-order valence-corrected chi connectivity index (χ4v) is 3.18. The minimum atomic E-state index is 0.302. The highest BCUT2D eigenvalue weighted by atomic mass is 35.5. The first-order chi connectivity index (χ1) is 8.58. The summed E-state index contributed by atoms with van der Waals surface area (Å²) in [6.07, 6.45) is 0. The van der Waals surface area contributed by atoms with Gasteiger partial charge in [0.05, 0.1) is 0 Å². The van der Waals surface area contributed by atoms with Crippen molar-refractivity contribution in [2.24, 2.45) is 0 Å². The number of benzene rings is 1. The molecule has 96 valence electrons. The van der Waals surface area contributed by atoms with Crippen LogP contribution in [0.15, 0.2) is 30.3 Å². The van der Waals surface area contributed by atoms with Crippen LogP contribution in [0.25, 0.3) is 0 Å². The second-order valence-corrected chi connectivity index (χ2v) is 6.39. The SMILES string of the molecule is Cc1ccc(C(C)NCc2c(Cl)cccc2Cl)s1. The number of hydrogen-bond donors (Lipinski definition) is 1. The molecule has 1 aromatic carbocycles. The Balaban J connectivity index is 2.03. The van der Waals surface area contributed by atoms with E-state index in [2.05, 4.69) is 31.3 Å². The summed E-state index contributed by atoms with van der Waals surface area (Å²) in [6, 6.07) is 10.2. The van der Waals surface area contributed by atoms with Gasteiger partial charge in [0.15, 0.2) is 0 Å². The van der Waals surface area contributed by atoms with Crippen molar-refractivity contribution in [1.82, 2.24) is 5.32 Å². The van der Waals surface area contributed by atoms with Crippen molar-refractivity contribution < 1.29 is 0 Å². The smallest absolute Gasteiger partial charge is 0.0465 e. The van der Waals surface area contributed by atoms with Gasteiger partial charge in [0.25, 0.3) is 0 Å². The fourth-order valence-electron chi connectivity index (χ4n) is 1.74. The van der Waals surface area contributed by atoms with Crippen molar-refractivity contribution in [3.8, 4) is 0 Å². The Morgan fingerprint density at radius 3 is 2.39 bits per heavy atom. The Morgan fingerprint density at radius 2 is 1.83 bits per heavy atom. The molecule has 0 amide bonds.